The molecule has 1 amide bonds. The molecular formula is C24H26N4O. The van der Waals surface area contributed by atoms with Crippen molar-refractivity contribution in [3.8, 4) is 0 Å². The first-order valence-corrected chi connectivity index (χ1v) is 10.0. The first kappa shape index (κ1) is 19.2. The molecule has 148 valence electrons. The molecule has 1 fully saturated rings. The highest BCUT2D eigenvalue weighted by atomic mass is 16.2. The van der Waals surface area contributed by atoms with E-state index in [1.54, 1.807) is 0 Å². The van der Waals surface area contributed by atoms with Gasteiger partial charge in [-0.05, 0) is 36.8 Å². The van der Waals surface area contributed by atoms with Crippen molar-refractivity contribution in [2.75, 3.05) is 36.4 Å². The van der Waals surface area contributed by atoms with Crippen molar-refractivity contribution in [3.05, 3.63) is 90.1 Å². The van der Waals surface area contributed by atoms with Gasteiger partial charge in [-0.3, -0.25) is 9.69 Å². The molecule has 4 rings (SSSR count). The number of aromatic nitrogens is 1. The summed E-state index contributed by atoms with van der Waals surface area (Å²) in [6.07, 6.45) is 1.82. The fourth-order valence-electron chi connectivity index (χ4n) is 3.76. The molecule has 2 aromatic carbocycles. The smallest absolute Gasteiger partial charge is 0.246 e. The van der Waals surface area contributed by atoms with Crippen molar-refractivity contribution in [2.24, 2.45) is 0 Å². The molecule has 1 aliphatic rings. The lowest BCUT2D eigenvalue weighted by Crippen LogP contribution is -2.50. The Morgan fingerprint density at radius 2 is 1.59 bits per heavy atom. The van der Waals surface area contributed by atoms with Crippen molar-refractivity contribution in [2.45, 2.75) is 13.0 Å². The van der Waals surface area contributed by atoms with Crippen LogP contribution in [-0.2, 0) is 4.79 Å². The Hall–Kier alpha value is -3.18. The maximum Gasteiger partial charge on any atom is 0.246 e. The van der Waals surface area contributed by atoms with Gasteiger partial charge in [-0.1, -0.05) is 54.1 Å². The van der Waals surface area contributed by atoms with Crippen LogP contribution in [0.4, 0.5) is 11.5 Å². The third kappa shape index (κ3) is 4.63. The molecule has 1 N–H and O–H groups in total. The molecule has 5 heteroatoms. The SMILES string of the molecule is Cc1ccc(NC(=O)[C@H](c2ccccc2)N2CCN(c3ccccn3)CC2)cc1. The summed E-state index contributed by atoms with van der Waals surface area (Å²) < 4.78 is 0. The van der Waals surface area contributed by atoms with Gasteiger partial charge in [0.05, 0.1) is 0 Å². The molecule has 29 heavy (non-hydrogen) atoms. The number of pyridine rings is 1. The normalized spacial score (nSPS) is 15.7. The zero-order chi connectivity index (χ0) is 20.1. The summed E-state index contributed by atoms with van der Waals surface area (Å²) in [5.74, 6) is 0.999. The maximum atomic E-state index is 13.3. The Balaban J connectivity index is 1.51. The van der Waals surface area contributed by atoms with Crippen LogP contribution in [0.3, 0.4) is 0 Å². The zero-order valence-corrected chi connectivity index (χ0v) is 16.7. The van der Waals surface area contributed by atoms with Gasteiger partial charge in [0.15, 0.2) is 0 Å². The molecule has 0 bridgehead atoms. The number of nitrogens with one attached hydrogen (secondary N) is 1. The molecule has 0 saturated carbocycles. The van der Waals surface area contributed by atoms with Crippen LogP contribution in [0.5, 0.6) is 0 Å². The topological polar surface area (TPSA) is 48.5 Å². The fraction of sp³-hybridized carbons (Fsp3) is 0.250. The average molecular weight is 386 g/mol. The summed E-state index contributed by atoms with van der Waals surface area (Å²) in [6.45, 7) is 5.34. The van der Waals surface area contributed by atoms with Gasteiger partial charge in [-0.2, -0.15) is 0 Å². The molecule has 0 unspecified atom stereocenters. The highest BCUT2D eigenvalue weighted by molar-refractivity contribution is 5.95. The number of carbonyl (C=O) groups is 1. The van der Waals surface area contributed by atoms with Gasteiger partial charge in [-0.25, -0.2) is 4.98 Å². The minimum Gasteiger partial charge on any atom is -0.354 e. The first-order valence-electron chi connectivity index (χ1n) is 10.0. The molecule has 3 aromatic rings. The van der Waals surface area contributed by atoms with Gasteiger partial charge in [0.2, 0.25) is 5.91 Å². The van der Waals surface area contributed by atoms with E-state index >= 15 is 0 Å². The van der Waals surface area contributed by atoms with Crippen molar-refractivity contribution in [3.63, 3.8) is 0 Å². The lowest BCUT2D eigenvalue weighted by Gasteiger charge is -2.39. The number of anilines is 2. The van der Waals surface area contributed by atoms with E-state index in [-0.39, 0.29) is 11.9 Å². The van der Waals surface area contributed by atoms with E-state index in [4.69, 9.17) is 0 Å². The second-order valence-corrected chi connectivity index (χ2v) is 7.38. The first-order chi connectivity index (χ1) is 14.2. The van der Waals surface area contributed by atoms with Crippen molar-refractivity contribution in [1.82, 2.24) is 9.88 Å². The fourth-order valence-corrected chi connectivity index (χ4v) is 3.76. The number of piperazine rings is 1. The molecule has 1 atom stereocenters. The monoisotopic (exact) mass is 386 g/mol. The number of benzene rings is 2. The van der Waals surface area contributed by atoms with E-state index < -0.39 is 0 Å². The summed E-state index contributed by atoms with van der Waals surface area (Å²) in [6, 6.07) is 23.6. The average Bonchev–Trinajstić information content (AvgIpc) is 2.77. The highest BCUT2D eigenvalue weighted by Crippen LogP contribution is 2.25. The number of nitrogens with zero attached hydrogens (tertiary/aromatic N) is 3. The number of hydrogen-bond acceptors (Lipinski definition) is 4. The van der Waals surface area contributed by atoms with E-state index in [1.807, 2.05) is 85.9 Å². The molecule has 1 saturated heterocycles. The van der Waals surface area contributed by atoms with Crippen molar-refractivity contribution < 1.29 is 4.79 Å². The van der Waals surface area contributed by atoms with Gasteiger partial charge in [0, 0.05) is 38.1 Å². The minimum absolute atomic E-state index is 0.00587. The van der Waals surface area contributed by atoms with Gasteiger partial charge in [0.1, 0.15) is 11.9 Å². The Labute approximate surface area is 172 Å². The van der Waals surface area contributed by atoms with Gasteiger partial charge < -0.3 is 10.2 Å². The summed E-state index contributed by atoms with van der Waals surface area (Å²) in [7, 11) is 0. The Morgan fingerprint density at radius 3 is 2.24 bits per heavy atom. The second kappa shape index (κ2) is 8.88. The summed E-state index contributed by atoms with van der Waals surface area (Å²) in [5, 5.41) is 3.10. The molecular weight excluding hydrogens is 360 g/mol. The van der Waals surface area contributed by atoms with Crippen LogP contribution in [-0.4, -0.2) is 42.0 Å². The highest BCUT2D eigenvalue weighted by Gasteiger charge is 2.30. The maximum absolute atomic E-state index is 13.3. The van der Waals surface area contributed by atoms with E-state index in [0.29, 0.717) is 0 Å². The molecule has 5 nitrogen and oxygen atoms in total. The lowest BCUT2D eigenvalue weighted by atomic mass is 10.0. The third-order valence-electron chi connectivity index (χ3n) is 5.34. The number of hydrogen-bond donors (Lipinski definition) is 1. The van der Waals surface area contributed by atoms with E-state index in [2.05, 4.69) is 20.1 Å². The zero-order valence-electron chi connectivity index (χ0n) is 16.7. The molecule has 0 radical (unpaired) electrons. The van der Waals surface area contributed by atoms with Crippen LogP contribution in [0.15, 0.2) is 79.0 Å². The van der Waals surface area contributed by atoms with Crippen LogP contribution in [0.1, 0.15) is 17.2 Å². The minimum atomic E-state index is -0.316. The number of carbonyl (C=O) groups excluding carboxylic acids is 1. The Kier molecular flexibility index (Phi) is 5.86. The second-order valence-electron chi connectivity index (χ2n) is 7.38. The van der Waals surface area contributed by atoms with Gasteiger partial charge in [0.25, 0.3) is 0 Å². The number of rotatable bonds is 5. The summed E-state index contributed by atoms with van der Waals surface area (Å²) in [5.41, 5.74) is 3.02. The standard InChI is InChI=1S/C24H26N4O/c1-19-10-12-21(13-11-19)26-24(29)23(20-7-3-2-4-8-20)28-17-15-27(16-18-28)22-9-5-6-14-25-22/h2-14,23H,15-18H2,1H3,(H,26,29)/t23-/m0/s1. The summed E-state index contributed by atoms with van der Waals surface area (Å²) >= 11 is 0. The van der Waals surface area contributed by atoms with Crippen LogP contribution in [0, 0.1) is 6.92 Å². The van der Waals surface area contributed by atoms with E-state index in [9.17, 15) is 4.79 Å². The molecule has 0 spiro atoms. The van der Waals surface area contributed by atoms with Gasteiger partial charge in [-0.15, -0.1) is 0 Å². The number of aryl methyl sites for hydroxylation is 1. The van der Waals surface area contributed by atoms with Crippen molar-refractivity contribution >= 4 is 17.4 Å². The lowest BCUT2D eigenvalue weighted by molar-refractivity contribution is -0.121. The molecule has 0 aliphatic carbocycles. The number of amides is 1. The predicted octanol–water partition coefficient (Wildman–Crippen LogP) is 3.89. The van der Waals surface area contributed by atoms with Gasteiger partial charge >= 0.3 is 0 Å². The molecule has 1 aliphatic heterocycles. The Morgan fingerprint density at radius 1 is 0.897 bits per heavy atom. The quantitative estimate of drug-likeness (QED) is 0.723. The molecule has 2 heterocycles. The largest absolute Gasteiger partial charge is 0.354 e. The van der Waals surface area contributed by atoms with Crippen LogP contribution in [0.25, 0.3) is 0 Å². The van der Waals surface area contributed by atoms with Crippen LogP contribution >= 0.6 is 0 Å². The molecule has 1 aromatic heterocycles. The van der Waals surface area contributed by atoms with Crippen LogP contribution < -0.4 is 10.2 Å². The van der Waals surface area contributed by atoms with E-state index in [1.165, 1.54) is 5.56 Å². The summed E-state index contributed by atoms with van der Waals surface area (Å²) in [4.78, 5) is 22.3. The van der Waals surface area contributed by atoms with E-state index in [0.717, 1.165) is 43.2 Å². The van der Waals surface area contributed by atoms with Crippen molar-refractivity contribution in [1.29, 1.82) is 0 Å². The van der Waals surface area contributed by atoms with Crippen LogP contribution in [0.2, 0.25) is 0 Å². The third-order valence-corrected chi connectivity index (χ3v) is 5.34. The Bertz CT molecular complexity index is 920. The predicted molar refractivity (Wildman–Crippen MR) is 117 cm³/mol.